The number of aromatic nitrogens is 3. The molecule has 1 aliphatic heterocycles. The number of nitrogens with zero attached hydrogens (tertiary/aromatic N) is 3. The van der Waals surface area contributed by atoms with Gasteiger partial charge in [-0.25, -0.2) is 0 Å². The lowest BCUT2D eigenvalue weighted by Gasteiger charge is -2.03. The standard InChI is InChI=1S/C10H8ClN3S/c11-8-4-2-1-3-7(8)9-12-13-10-14(9)5-6-15-10/h1-4H,5-6H2. The van der Waals surface area contributed by atoms with E-state index >= 15 is 0 Å². The highest BCUT2D eigenvalue weighted by atomic mass is 35.5. The number of hydrogen-bond donors (Lipinski definition) is 0. The summed E-state index contributed by atoms with van der Waals surface area (Å²) in [4.78, 5) is 0. The van der Waals surface area contributed by atoms with Crippen molar-refractivity contribution in [1.29, 1.82) is 0 Å². The van der Waals surface area contributed by atoms with Gasteiger partial charge in [0.2, 0.25) is 0 Å². The molecule has 1 aliphatic rings. The molecule has 0 saturated carbocycles. The van der Waals surface area contributed by atoms with Gasteiger partial charge in [0.05, 0.1) is 5.02 Å². The largest absolute Gasteiger partial charge is 0.301 e. The maximum Gasteiger partial charge on any atom is 0.191 e. The first-order valence-electron chi connectivity index (χ1n) is 4.67. The summed E-state index contributed by atoms with van der Waals surface area (Å²) in [5.41, 5.74) is 0.959. The van der Waals surface area contributed by atoms with Crippen LogP contribution >= 0.6 is 23.4 Å². The van der Waals surface area contributed by atoms with Crippen LogP contribution in [0.1, 0.15) is 0 Å². The smallest absolute Gasteiger partial charge is 0.191 e. The lowest BCUT2D eigenvalue weighted by molar-refractivity contribution is 0.726. The van der Waals surface area contributed by atoms with E-state index in [0.29, 0.717) is 0 Å². The Balaban J connectivity index is 2.17. The first kappa shape index (κ1) is 9.24. The van der Waals surface area contributed by atoms with Gasteiger partial charge in [0.1, 0.15) is 0 Å². The Morgan fingerprint density at radius 3 is 3.00 bits per heavy atom. The Morgan fingerprint density at radius 2 is 2.13 bits per heavy atom. The summed E-state index contributed by atoms with van der Waals surface area (Å²) in [5.74, 6) is 1.95. The van der Waals surface area contributed by atoms with Crippen molar-refractivity contribution in [1.82, 2.24) is 14.8 Å². The normalized spacial score (nSPS) is 14.2. The molecule has 3 rings (SSSR count). The van der Waals surface area contributed by atoms with Crippen LogP contribution in [0, 0.1) is 0 Å². The number of hydrogen-bond acceptors (Lipinski definition) is 3. The van der Waals surface area contributed by atoms with Crippen LogP contribution < -0.4 is 0 Å². The Hall–Kier alpha value is -1.000. The summed E-state index contributed by atoms with van der Waals surface area (Å²) < 4.78 is 2.12. The van der Waals surface area contributed by atoms with Gasteiger partial charge in [0, 0.05) is 17.9 Å². The minimum absolute atomic E-state index is 0.726. The van der Waals surface area contributed by atoms with Crippen molar-refractivity contribution in [2.75, 3.05) is 5.75 Å². The Morgan fingerprint density at radius 1 is 1.27 bits per heavy atom. The number of halogens is 1. The van der Waals surface area contributed by atoms with Crippen molar-refractivity contribution in [2.45, 2.75) is 11.7 Å². The third kappa shape index (κ3) is 1.44. The molecule has 0 aliphatic carbocycles. The molecule has 0 radical (unpaired) electrons. The second-order valence-electron chi connectivity index (χ2n) is 3.29. The SMILES string of the molecule is Clc1ccccc1-c1nnc2n1CCS2. The summed E-state index contributed by atoms with van der Waals surface area (Å²) in [6.45, 7) is 0.966. The fourth-order valence-corrected chi connectivity index (χ4v) is 2.78. The lowest BCUT2D eigenvalue weighted by Crippen LogP contribution is -1.97. The van der Waals surface area contributed by atoms with E-state index in [4.69, 9.17) is 11.6 Å². The van der Waals surface area contributed by atoms with Crippen molar-refractivity contribution in [3.8, 4) is 11.4 Å². The number of rotatable bonds is 1. The maximum absolute atomic E-state index is 6.13. The van der Waals surface area contributed by atoms with Crippen molar-refractivity contribution < 1.29 is 0 Å². The van der Waals surface area contributed by atoms with Crippen LogP contribution in [0.15, 0.2) is 29.4 Å². The van der Waals surface area contributed by atoms with Crippen LogP contribution in [0.5, 0.6) is 0 Å². The van der Waals surface area contributed by atoms with Crippen molar-refractivity contribution >= 4 is 23.4 Å². The minimum Gasteiger partial charge on any atom is -0.301 e. The highest BCUT2D eigenvalue weighted by molar-refractivity contribution is 7.99. The maximum atomic E-state index is 6.13. The van der Waals surface area contributed by atoms with E-state index in [0.717, 1.165) is 33.9 Å². The van der Waals surface area contributed by atoms with E-state index < -0.39 is 0 Å². The van der Waals surface area contributed by atoms with E-state index in [9.17, 15) is 0 Å². The van der Waals surface area contributed by atoms with Crippen LogP contribution in [0.2, 0.25) is 5.02 Å². The molecule has 15 heavy (non-hydrogen) atoms. The first-order valence-corrected chi connectivity index (χ1v) is 6.03. The van der Waals surface area contributed by atoms with Crippen LogP contribution in [0.4, 0.5) is 0 Å². The quantitative estimate of drug-likeness (QED) is 0.764. The van der Waals surface area contributed by atoms with Gasteiger partial charge >= 0.3 is 0 Å². The van der Waals surface area contributed by atoms with Gasteiger partial charge in [-0.15, -0.1) is 10.2 Å². The predicted octanol–water partition coefficient (Wildman–Crippen LogP) is 2.70. The van der Waals surface area contributed by atoms with Gasteiger partial charge in [0.15, 0.2) is 11.0 Å². The monoisotopic (exact) mass is 237 g/mol. The molecule has 0 N–H and O–H groups in total. The molecule has 1 aromatic carbocycles. The van der Waals surface area contributed by atoms with E-state index in [1.165, 1.54) is 0 Å². The van der Waals surface area contributed by atoms with Gasteiger partial charge in [-0.05, 0) is 12.1 Å². The molecule has 0 bridgehead atoms. The fourth-order valence-electron chi connectivity index (χ4n) is 1.67. The van der Waals surface area contributed by atoms with Gasteiger partial charge in [-0.2, -0.15) is 0 Å². The van der Waals surface area contributed by atoms with Gasteiger partial charge in [0.25, 0.3) is 0 Å². The summed E-state index contributed by atoms with van der Waals surface area (Å²) in [7, 11) is 0. The molecule has 0 unspecified atom stereocenters. The average Bonchev–Trinajstić information content (AvgIpc) is 2.80. The molecular weight excluding hydrogens is 230 g/mol. The zero-order valence-electron chi connectivity index (χ0n) is 7.85. The molecule has 0 atom stereocenters. The Kier molecular flexibility index (Phi) is 2.18. The van der Waals surface area contributed by atoms with E-state index in [-0.39, 0.29) is 0 Å². The van der Waals surface area contributed by atoms with Crippen LogP contribution in [-0.2, 0) is 6.54 Å². The van der Waals surface area contributed by atoms with Gasteiger partial charge < -0.3 is 4.57 Å². The fraction of sp³-hybridized carbons (Fsp3) is 0.200. The number of thioether (sulfide) groups is 1. The summed E-state index contributed by atoms with van der Waals surface area (Å²) in [5, 5.41) is 10.0. The second-order valence-corrected chi connectivity index (χ2v) is 4.76. The Bertz CT molecular complexity index is 509. The Labute approximate surface area is 96.5 Å². The van der Waals surface area contributed by atoms with Gasteiger partial charge in [-0.3, -0.25) is 0 Å². The first-order chi connectivity index (χ1) is 7.36. The minimum atomic E-state index is 0.726. The van der Waals surface area contributed by atoms with Crippen LogP contribution in [-0.4, -0.2) is 20.5 Å². The predicted molar refractivity (Wildman–Crippen MR) is 61.2 cm³/mol. The molecule has 1 aromatic heterocycles. The number of benzene rings is 1. The van der Waals surface area contributed by atoms with Crippen molar-refractivity contribution in [3.63, 3.8) is 0 Å². The summed E-state index contributed by atoms with van der Waals surface area (Å²) >= 11 is 7.86. The molecule has 0 saturated heterocycles. The molecule has 0 fully saturated rings. The summed E-state index contributed by atoms with van der Waals surface area (Å²) in [6, 6.07) is 7.73. The third-order valence-corrected chi connectivity index (χ3v) is 3.65. The molecule has 2 heterocycles. The van der Waals surface area contributed by atoms with Crippen LogP contribution in [0.25, 0.3) is 11.4 Å². The molecule has 3 nitrogen and oxygen atoms in total. The van der Waals surface area contributed by atoms with Crippen molar-refractivity contribution in [2.24, 2.45) is 0 Å². The zero-order chi connectivity index (χ0) is 10.3. The molecule has 2 aromatic rings. The topological polar surface area (TPSA) is 30.7 Å². The highest BCUT2D eigenvalue weighted by Gasteiger charge is 2.19. The molecule has 0 spiro atoms. The highest BCUT2D eigenvalue weighted by Crippen LogP contribution is 2.32. The average molecular weight is 238 g/mol. The second kappa shape index (κ2) is 3.54. The number of fused-ring (bicyclic) bond motifs is 1. The third-order valence-electron chi connectivity index (χ3n) is 2.38. The van der Waals surface area contributed by atoms with E-state index in [1.807, 2.05) is 24.3 Å². The van der Waals surface area contributed by atoms with E-state index in [1.54, 1.807) is 11.8 Å². The lowest BCUT2D eigenvalue weighted by atomic mass is 10.2. The molecular formula is C10H8ClN3S. The molecule has 5 heteroatoms. The van der Waals surface area contributed by atoms with Crippen LogP contribution in [0.3, 0.4) is 0 Å². The molecule has 76 valence electrons. The van der Waals surface area contributed by atoms with Gasteiger partial charge in [-0.1, -0.05) is 35.5 Å². The van der Waals surface area contributed by atoms with E-state index in [2.05, 4.69) is 14.8 Å². The summed E-state index contributed by atoms with van der Waals surface area (Å²) in [6.07, 6.45) is 0. The zero-order valence-corrected chi connectivity index (χ0v) is 9.42. The van der Waals surface area contributed by atoms with Crippen molar-refractivity contribution in [3.05, 3.63) is 29.3 Å². The molecule has 0 amide bonds.